The van der Waals surface area contributed by atoms with E-state index in [4.69, 9.17) is 9.05 Å². The van der Waals surface area contributed by atoms with Crippen LogP contribution in [0.15, 0.2) is 127 Å². The van der Waals surface area contributed by atoms with Crippen molar-refractivity contribution in [3.8, 4) is 45.3 Å². The second-order valence-corrected chi connectivity index (χ2v) is 9.99. The number of phenolic OH excluding ortho intramolecular Hbond substituents is 2. The minimum atomic E-state index is -4.07. The van der Waals surface area contributed by atoms with Gasteiger partial charge in [-0.05, 0) is 47.5 Å². The highest BCUT2D eigenvalue weighted by molar-refractivity contribution is 7.63. The zero-order valence-corrected chi connectivity index (χ0v) is 20.1. The van der Waals surface area contributed by atoms with Gasteiger partial charge < -0.3 is 19.3 Å². The maximum absolute atomic E-state index is 14.5. The van der Waals surface area contributed by atoms with Crippen molar-refractivity contribution in [2.24, 2.45) is 0 Å². The average Bonchev–Trinajstić information content (AvgIpc) is 2.90. The molecule has 0 atom stereocenters. The van der Waals surface area contributed by atoms with E-state index < -0.39 is 7.60 Å². The third kappa shape index (κ3) is 4.97. The molecule has 0 aliphatic carbocycles. The first-order valence-corrected chi connectivity index (χ1v) is 12.9. The Morgan fingerprint density at radius 2 is 0.889 bits per heavy atom. The summed E-state index contributed by atoms with van der Waals surface area (Å²) in [5.41, 5.74) is 2.95. The first-order chi connectivity index (χ1) is 17.5. The van der Waals surface area contributed by atoms with Gasteiger partial charge in [0, 0.05) is 23.3 Å². The summed E-state index contributed by atoms with van der Waals surface area (Å²) in [5.74, 6) is 0.336. The van der Waals surface area contributed by atoms with Crippen LogP contribution in [0.5, 0.6) is 23.0 Å². The molecule has 0 aliphatic rings. The van der Waals surface area contributed by atoms with Crippen molar-refractivity contribution < 1.29 is 23.8 Å². The molecule has 0 amide bonds. The number of hydrogen-bond donors (Lipinski definition) is 2. The minimum Gasteiger partial charge on any atom is -0.508 e. The SMILES string of the molecule is O=P(Oc1cc(O)ccc1-c1ccccc1)(Oc1cc(O)ccc1-c1ccccc1)c1ccccc1. The summed E-state index contributed by atoms with van der Waals surface area (Å²) < 4.78 is 26.9. The van der Waals surface area contributed by atoms with E-state index >= 15 is 0 Å². The molecule has 0 radical (unpaired) electrons. The van der Waals surface area contributed by atoms with Crippen LogP contribution in [0.4, 0.5) is 0 Å². The van der Waals surface area contributed by atoms with Gasteiger partial charge in [-0.25, -0.2) is 4.57 Å². The van der Waals surface area contributed by atoms with Crippen molar-refractivity contribution in [1.29, 1.82) is 0 Å². The second-order valence-electron chi connectivity index (χ2n) is 8.11. The van der Waals surface area contributed by atoms with Crippen LogP contribution in [0.3, 0.4) is 0 Å². The molecule has 0 fully saturated rings. The molecule has 5 aromatic rings. The van der Waals surface area contributed by atoms with Crippen LogP contribution in [0.1, 0.15) is 0 Å². The van der Waals surface area contributed by atoms with Gasteiger partial charge in [0.25, 0.3) is 0 Å². The summed E-state index contributed by atoms with van der Waals surface area (Å²) >= 11 is 0. The highest BCUT2D eigenvalue weighted by Crippen LogP contribution is 2.52. The van der Waals surface area contributed by atoms with E-state index in [1.807, 2.05) is 60.7 Å². The summed E-state index contributed by atoms with van der Waals surface area (Å²) in [6.07, 6.45) is 0. The van der Waals surface area contributed by atoms with Crippen molar-refractivity contribution in [1.82, 2.24) is 0 Å². The fourth-order valence-corrected chi connectivity index (χ4v) is 5.48. The lowest BCUT2D eigenvalue weighted by atomic mass is 10.0. The standard InChI is InChI=1S/C30H23O5P/c31-24-16-18-27(22-10-4-1-5-11-22)29(20-24)34-36(33,26-14-8-3-9-15-26)35-30-21-25(32)17-19-28(30)23-12-6-2-7-13-23/h1-21,31-32H. The third-order valence-corrected chi connectivity index (χ3v) is 7.41. The van der Waals surface area contributed by atoms with Crippen molar-refractivity contribution in [2.45, 2.75) is 0 Å². The molecule has 178 valence electrons. The summed E-state index contributed by atoms with van der Waals surface area (Å²) in [6, 6.07) is 36.9. The maximum Gasteiger partial charge on any atom is 0.462 e. The molecule has 0 saturated heterocycles. The highest BCUT2D eigenvalue weighted by atomic mass is 31.2. The molecular formula is C30H23O5P. The van der Waals surface area contributed by atoms with Gasteiger partial charge in [0.2, 0.25) is 0 Å². The third-order valence-electron chi connectivity index (χ3n) is 5.61. The van der Waals surface area contributed by atoms with Crippen LogP contribution >= 0.6 is 7.60 Å². The number of benzene rings is 5. The van der Waals surface area contributed by atoms with E-state index in [0.29, 0.717) is 16.4 Å². The van der Waals surface area contributed by atoms with Gasteiger partial charge >= 0.3 is 7.60 Å². The lowest BCUT2D eigenvalue weighted by molar-refractivity contribution is 0.397. The smallest absolute Gasteiger partial charge is 0.462 e. The number of phenols is 2. The molecule has 5 rings (SSSR count). The molecule has 0 aromatic heterocycles. The van der Waals surface area contributed by atoms with Crippen molar-refractivity contribution in [3.63, 3.8) is 0 Å². The number of hydrogen-bond acceptors (Lipinski definition) is 5. The van der Waals surface area contributed by atoms with E-state index in [1.54, 1.807) is 54.6 Å². The molecule has 0 aliphatic heterocycles. The van der Waals surface area contributed by atoms with E-state index in [9.17, 15) is 14.8 Å². The lowest BCUT2D eigenvalue weighted by Crippen LogP contribution is -2.15. The molecule has 0 saturated carbocycles. The van der Waals surface area contributed by atoms with Gasteiger partial charge in [0.15, 0.2) is 0 Å². The molecule has 0 unspecified atom stereocenters. The van der Waals surface area contributed by atoms with Crippen molar-refractivity contribution in [2.75, 3.05) is 0 Å². The Kier molecular flexibility index (Phi) is 6.48. The largest absolute Gasteiger partial charge is 0.508 e. The first-order valence-electron chi connectivity index (χ1n) is 11.3. The van der Waals surface area contributed by atoms with Crippen LogP contribution in [0, 0.1) is 0 Å². The van der Waals surface area contributed by atoms with Crippen molar-refractivity contribution in [3.05, 3.63) is 127 Å². The van der Waals surface area contributed by atoms with Gasteiger partial charge in [0.05, 0.1) is 5.30 Å². The maximum atomic E-state index is 14.5. The molecule has 36 heavy (non-hydrogen) atoms. The predicted octanol–water partition coefficient (Wildman–Crippen LogP) is 7.41. The normalized spacial score (nSPS) is 11.1. The number of aromatic hydroxyl groups is 2. The zero-order valence-electron chi connectivity index (χ0n) is 19.2. The quantitative estimate of drug-likeness (QED) is 0.231. The van der Waals surface area contributed by atoms with Crippen molar-refractivity contribution >= 4 is 12.9 Å². The van der Waals surface area contributed by atoms with E-state index in [-0.39, 0.29) is 23.0 Å². The van der Waals surface area contributed by atoms with Crippen LogP contribution in [-0.4, -0.2) is 10.2 Å². The Labute approximate surface area is 209 Å². The zero-order chi connectivity index (χ0) is 25.0. The Bertz CT molecular complexity index is 1420. The minimum absolute atomic E-state index is 0.0355. The molecule has 6 heteroatoms. The second kappa shape index (κ2) is 10.0. The molecule has 2 N–H and O–H groups in total. The molecule has 5 aromatic carbocycles. The Balaban J connectivity index is 1.63. The molecular weight excluding hydrogens is 471 g/mol. The average molecular weight is 494 g/mol. The van der Waals surface area contributed by atoms with Crippen LogP contribution in [0.25, 0.3) is 22.3 Å². The summed E-state index contributed by atoms with van der Waals surface area (Å²) in [4.78, 5) is 0. The molecule has 5 nitrogen and oxygen atoms in total. The predicted molar refractivity (Wildman–Crippen MR) is 142 cm³/mol. The van der Waals surface area contributed by atoms with Gasteiger partial charge in [-0.3, -0.25) is 0 Å². The van der Waals surface area contributed by atoms with Crippen LogP contribution < -0.4 is 14.4 Å². The van der Waals surface area contributed by atoms with Crippen LogP contribution in [0.2, 0.25) is 0 Å². The van der Waals surface area contributed by atoms with Gasteiger partial charge in [-0.2, -0.15) is 0 Å². The van der Waals surface area contributed by atoms with E-state index in [0.717, 1.165) is 11.1 Å². The van der Waals surface area contributed by atoms with Crippen LogP contribution in [-0.2, 0) is 4.57 Å². The molecule has 0 heterocycles. The number of rotatable bonds is 7. The monoisotopic (exact) mass is 494 g/mol. The van der Waals surface area contributed by atoms with E-state index in [1.165, 1.54) is 12.1 Å². The van der Waals surface area contributed by atoms with Gasteiger partial charge in [-0.15, -0.1) is 0 Å². The Hall–Kier alpha value is -4.47. The summed E-state index contributed by atoms with van der Waals surface area (Å²) in [6.45, 7) is 0. The Morgan fingerprint density at radius 3 is 1.31 bits per heavy atom. The molecule has 0 bridgehead atoms. The summed E-state index contributed by atoms with van der Waals surface area (Å²) in [5, 5.41) is 20.8. The summed E-state index contributed by atoms with van der Waals surface area (Å²) in [7, 11) is -4.07. The lowest BCUT2D eigenvalue weighted by Gasteiger charge is -2.23. The topological polar surface area (TPSA) is 76.0 Å². The fourth-order valence-electron chi connectivity index (χ4n) is 3.88. The highest BCUT2D eigenvalue weighted by Gasteiger charge is 2.33. The first kappa shape index (κ1) is 23.3. The van der Waals surface area contributed by atoms with Gasteiger partial charge in [0.1, 0.15) is 23.0 Å². The molecule has 0 spiro atoms. The van der Waals surface area contributed by atoms with Gasteiger partial charge in [-0.1, -0.05) is 78.9 Å². The Morgan fingerprint density at radius 1 is 0.500 bits per heavy atom. The van der Waals surface area contributed by atoms with E-state index in [2.05, 4.69) is 0 Å². The fraction of sp³-hybridized carbons (Fsp3) is 0.